The Morgan fingerprint density at radius 2 is 2.00 bits per heavy atom. The average Bonchev–Trinajstić information content (AvgIpc) is 2.81. The number of rotatable bonds is 3. The Kier molecular flexibility index (Phi) is 3.55. The third-order valence-corrected chi connectivity index (χ3v) is 4.48. The molecule has 0 bridgehead atoms. The smallest absolute Gasteiger partial charge is 0.185 e. The number of nitrogens with zero attached hydrogens (tertiary/aromatic N) is 3. The summed E-state index contributed by atoms with van der Waals surface area (Å²) in [6.07, 6.45) is 0.880. The van der Waals surface area contributed by atoms with Gasteiger partial charge < -0.3 is 15.9 Å². The maximum atomic E-state index is 11.7. The molecule has 3 aromatic rings. The molecule has 9 heteroatoms. The number of sulfone groups is 1. The molecule has 0 aliphatic heterocycles. The van der Waals surface area contributed by atoms with E-state index in [0.717, 1.165) is 6.26 Å². The van der Waals surface area contributed by atoms with Crippen molar-refractivity contribution in [3.63, 3.8) is 0 Å². The molecule has 2 aromatic heterocycles. The van der Waals surface area contributed by atoms with Crippen LogP contribution < -0.4 is 5.73 Å². The third kappa shape index (κ3) is 2.77. The number of anilines is 1. The van der Waals surface area contributed by atoms with Crippen molar-refractivity contribution in [1.29, 1.82) is 0 Å². The van der Waals surface area contributed by atoms with Crippen LogP contribution in [-0.4, -0.2) is 39.5 Å². The summed E-state index contributed by atoms with van der Waals surface area (Å²) in [5.41, 5.74) is 6.89. The van der Waals surface area contributed by atoms with E-state index in [2.05, 4.69) is 10.1 Å². The van der Waals surface area contributed by atoms with Gasteiger partial charge in [-0.25, -0.2) is 17.9 Å². The minimum absolute atomic E-state index is 0.00566. The molecule has 0 fully saturated rings. The fourth-order valence-corrected chi connectivity index (χ4v) is 2.92. The van der Waals surface area contributed by atoms with Gasteiger partial charge in [-0.1, -0.05) is 12.1 Å². The first-order chi connectivity index (χ1) is 10.8. The molecule has 0 spiro atoms. The Balaban J connectivity index is 2.20. The van der Waals surface area contributed by atoms with Crippen molar-refractivity contribution in [2.24, 2.45) is 0 Å². The summed E-state index contributed by atoms with van der Waals surface area (Å²) in [6, 6.07) is 7.96. The van der Waals surface area contributed by atoms with Gasteiger partial charge in [0.1, 0.15) is 0 Å². The Hall–Kier alpha value is -2.49. The Morgan fingerprint density at radius 1 is 1.26 bits per heavy atom. The van der Waals surface area contributed by atoms with Gasteiger partial charge in [0.25, 0.3) is 0 Å². The molecule has 4 N–H and O–H groups in total. The van der Waals surface area contributed by atoms with Crippen molar-refractivity contribution in [1.82, 2.24) is 14.6 Å². The van der Waals surface area contributed by atoms with E-state index >= 15 is 0 Å². The number of hydrogen-bond donors (Lipinski definition) is 3. The van der Waals surface area contributed by atoms with E-state index in [0.29, 0.717) is 11.3 Å². The first-order valence-corrected chi connectivity index (χ1v) is 8.48. The number of benzene rings is 1. The molecule has 0 atom stereocenters. The SMILES string of the molecule is CS(=O)(=O)c1cccc(-c2ccn3nc(N)c(C(O)O)c3n2)c1. The highest BCUT2D eigenvalue weighted by molar-refractivity contribution is 7.90. The fourth-order valence-electron chi connectivity index (χ4n) is 2.26. The van der Waals surface area contributed by atoms with Crippen LogP contribution in [0, 0.1) is 0 Å². The summed E-state index contributed by atoms with van der Waals surface area (Å²) in [5.74, 6) is -0.0328. The molecule has 0 saturated heterocycles. The molecule has 23 heavy (non-hydrogen) atoms. The molecule has 0 aliphatic rings. The lowest BCUT2D eigenvalue weighted by Gasteiger charge is -2.06. The molecule has 8 nitrogen and oxygen atoms in total. The topological polar surface area (TPSA) is 131 Å². The zero-order valence-corrected chi connectivity index (χ0v) is 12.9. The minimum Gasteiger partial charge on any atom is -0.382 e. The number of fused-ring (bicyclic) bond motifs is 1. The van der Waals surface area contributed by atoms with E-state index in [-0.39, 0.29) is 21.9 Å². The number of hydrogen-bond acceptors (Lipinski definition) is 7. The van der Waals surface area contributed by atoms with E-state index in [9.17, 15) is 18.6 Å². The molecule has 0 radical (unpaired) electrons. The first-order valence-electron chi connectivity index (χ1n) is 6.59. The maximum absolute atomic E-state index is 11.7. The van der Waals surface area contributed by atoms with Crippen LogP contribution in [0.15, 0.2) is 41.4 Å². The van der Waals surface area contributed by atoms with Gasteiger partial charge in [0, 0.05) is 18.0 Å². The molecule has 0 amide bonds. The van der Waals surface area contributed by atoms with Crippen LogP contribution in [0.4, 0.5) is 5.82 Å². The summed E-state index contributed by atoms with van der Waals surface area (Å²) in [7, 11) is -3.34. The predicted octanol–water partition coefficient (Wildman–Crippen LogP) is 0.365. The van der Waals surface area contributed by atoms with Crippen LogP contribution in [0.1, 0.15) is 11.9 Å². The zero-order chi connectivity index (χ0) is 16.8. The van der Waals surface area contributed by atoms with Crippen LogP contribution in [0.3, 0.4) is 0 Å². The Labute approximate surface area is 131 Å². The number of aliphatic hydroxyl groups excluding tert-OH is 1. The number of nitrogens with two attached hydrogens (primary N) is 1. The van der Waals surface area contributed by atoms with Crippen LogP contribution in [-0.2, 0) is 9.84 Å². The second-order valence-corrected chi connectivity index (χ2v) is 7.07. The summed E-state index contributed by atoms with van der Waals surface area (Å²) < 4.78 is 24.6. The zero-order valence-electron chi connectivity index (χ0n) is 12.1. The Morgan fingerprint density at radius 3 is 2.65 bits per heavy atom. The summed E-state index contributed by atoms with van der Waals surface area (Å²) >= 11 is 0. The van der Waals surface area contributed by atoms with Gasteiger partial charge in [0.15, 0.2) is 27.6 Å². The molecule has 0 aliphatic carbocycles. The van der Waals surface area contributed by atoms with Crippen molar-refractivity contribution in [2.75, 3.05) is 12.0 Å². The normalized spacial score (nSPS) is 12.2. The number of aromatic nitrogens is 3. The van der Waals surface area contributed by atoms with Gasteiger partial charge in [0.2, 0.25) is 0 Å². The highest BCUT2D eigenvalue weighted by Crippen LogP contribution is 2.26. The van der Waals surface area contributed by atoms with Gasteiger partial charge >= 0.3 is 0 Å². The lowest BCUT2D eigenvalue weighted by atomic mass is 10.1. The summed E-state index contributed by atoms with van der Waals surface area (Å²) in [5, 5.41) is 22.8. The molecule has 2 heterocycles. The molecule has 0 unspecified atom stereocenters. The lowest BCUT2D eigenvalue weighted by Crippen LogP contribution is -2.00. The van der Waals surface area contributed by atoms with E-state index in [1.807, 2.05) is 0 Å². The first kappa shape index (κ1) is 15.4. The molecule has 0 saturated carbocycles. The van der Waals surface area contributed by atoms with Crippen molar-refractivity contribution >= 4 is 21.3 Å². The van der Waals surface area contributed by atoms with E-state index in [1.54, 1.807) is 24.4 Å². The monoisotopic (exact) mass is 334 g/mol. The molecule has 120 valence electrons. The predicted molar refractivity (Wildman–Crippen MR) is 83.1 cm³/mol. The van der Waals surface area contributed by atoms with Gasteiger partial charge in [-0.3, -0.25) is 0 Å². The second-order valence-electron chi connectivity index (χ2n) is 5.05. The molecule has 3 rings (SSSR count). The largest absolute Gasteiger partial charge is 0.382 e. The number of nitrogen functional groups attached to an aromatic ring is 1. The van der Waals surface area contributed by atoms with Crippen LogP contribution in [0.5, 0.6) is 0 Å². The fraction of sp³-hybridized carbons (Fsp3) is 0.143. The summed E-state index contributed by atoms with van der Waals surface area (Å²) in [4.78, 5) is 4.49. The van der Waals surface area contributed by atoms with Crippen LogP contribution in [0.2, 0.25) is 0 Å². The highest BCUT2D eigenvalue weighted by Gasteiger charge is 2.18. The number of aliphatic hydroxyl groups is 2. The molecule has 1 aromatic carbocycles. The highest BCUT2D eigenvalue weighted by atomic mass is 32.2. The average molecular weight is 334 g/mol. The van der Waals surface area contributed by atoms with Gasteiger partial charge in [-0.2, -0.15) is 0 Å². The quantitative estimate of drug-likeness (QED) is 0.590. The second kappa shape index (κ2) is 5.30. The minimum atomic E-state index is -3.34. The molecular weight excluding hydrogens is 320 g/mol. The van der Waals surface area contributed by atoms with Crippen molar-refractivity contribution < 1.29 is 18.6 Å². The van der Waals surface area contributed by atoms with Gasteiger partial charge in [-0.15, -0.1) is 5.10 Å². The van der Waals surface area contributed by atoms with Gasteiger partial charge in [-0.05, 0) is 18.2 Å². The standard InChI is InChI=1S/C14H14N4O4S/c1-23(21,22)9-4-2-3-8(7-9)10-5-6-18-13(16-10)11(14(19)20)12(15)17-18/h2-7,14,19-20H,1H3,(H2,15,17). The van der Waals surface area contributed by atoms with Crippen LogP contribution in [0.25, 0.3) is 16.9 Å². The Bertz CT molecular complexity index is 995. The van der Waals surface area contributed by atoms with E-state index in [4.69, 9.17) is 5.73 Å². The van der Waals surface area contributed by atoms with Crippen molar-refractivity contribution in [3.05, 3.63) is 42.1 Å². The van der Waals surface area contributed by atoms with Crippen molar-refractivity contribution in [2.45, 2.75) is 11.2 Å². The van der Waals surface area contributed by atoms with Crippen molar-refractivity contribution in [3.8, 4) is 11.3 Å². The van der Waals surface area contributed by atoms with Crippen LogP contribution >= 0.6 is 0 Å². The van der Waals surface area contributed by atoms with E-state index in [1.165, 1.54) is 16.6 Å². The van der Waals surface area contributed by atoms with E-state index < -0.39 is 16.1 Å². The van der Waals surface area contributed by atoms with Gasteiger partial charge in [0.05, 0.1) is 16.2 Å². The third-order valence-electron chi connectivity index (χ3n) is 3.37. The maximum Gasteiger partial charge on any atom is 0.185 e. The summed E-state index contributed by atoms with van der Waals surface area (Å²) in [6.45, 7) is 0. The lowest BCUT2D eigenvalue weighted by molar-refractivity contribution is -0.0408. The molecular formula is C14H14N4O4S.